The largest absolute Gasteiger partial charge is 0.472 e. The highest BCUT2D eigenvalue weighted by Crippen LogP contribution is 2.42. The summed E-state index contributed by atoms with van der Waals surface area (Å²) < 4.78 is 26.9. The van der Waals surface area contributed by atoms with E-state index in [-0.39, 0.29) is 32.1 Å². The molecule has 0 rings (SSSR count). The van der Waals surface area contributed by atoms with Gasteiger partial charge in [-0.3, -0.25) is 18.6 Å². The Morgan fingerprint density at radius 1 is 0.482 bits per heavy atom. The maximum atomic E-state index is 12.1. The van der Waals surface area contributed by atoms with E-state index >= 15 is 0 Å². The SMILES string of the molecule is CCCCCCCCCCCCCCCCCCCCCCCCCCC(=O)NCCOP(=O)(O)OCC(O)COC(=O)CCCCCCCCCCCCC. The van der Waals surface area contributed by atoms with Crippen LogP contribution in [0, 0.1) is 0 Å². The molecule has 0 aromatic heterocycles. The number of carbonyl (C=O) groups is 2. The van der Waals surface area contributed by atoms with Crippen LogP contribution in [0.2, 0.25) is 0 Å². The maximum Gasteiger partial charge on any atom is 0.472 e. The molecule has 0 heterocycles. The molecule has 0 saturated carbocycles. The monoisotopic (exact) mass is 818 g/mol. The minimum atomic E-state index is -4.41. The molecule has 2 unspecified atom stereocenters. The smallest absolute Gasteiger partial charge is 0.463 e. The molecule has 0 aliphatic heterocycles. The van der Waals surface area contributed by atoms with E-state index in [0.29, 0.717) is 6.42 Å². The zero-order chi connectivity index (χ0) is 41.1. The van der Waals surface area contributed by atoms with Gasteiger partial charge in [-0.25, -0.2) is 4.57 Å². The van der Waals surface area contributed by atoms with Gasteiger partial charge < -0.3 is 20.1 Å². The molecule has 10 heteroatoms. The lowest BCUT2D eigenvalue weighted by Gasteiger charge is -2.15. The van der Waals surface area contributed by atoms with Crippen molar-refractivity contribution >= 4 is 19.7 Å². The van der Waals surface area contributed by atoms with Crippen molar-refractivity contribution in [2.45, 2.75) is 258 Å². The molecule has 1 amide bonds. The Morgan fingerprint density at radius 3 is 1.16 bits per heavy atom. The summed E-state index contributed by atoms with van der Waals surface area (Å²) in [6.45, 7) is 3.59. The summed E-state index contributed by atoms with van der Waals surface area (Å²) in [6.07, 6.45) is 44.8. The number of hydrogen-bond donors (Lipinski definition) is 3. The minimum Gasteiger partial charge on any atom is -0.463 e. The summed E-state index contributed by atoms with van der Waals surface area (Å²) in [7, 11) is -4.41. The van der Waals surface area contributed by atoms with Gasteiger partial charge in [0.15, 0.2) is 0 Å². The lowest BCUT2D eigenvalue weighted by molar-refractivity contribution is -0.147. The fraction of sp³-hybridized carbons (Fsp3) is 0.957. The van der Waals surface area contributed by atoms with Gasteiger partial charge in [0.25, 0.3) is 0 Å². The molecular weight excluding hydrogens is 725 g/mol. The number of rotatable bonds is 46. The fourth-order valence-electron chi connectivity index (χ4n) is 7.15. The van der Waals surface area contributed by atoms with Crippen LogP contribution in [0.5, 0.6) is 0 Å². The van der Waals surface area contributed by atoms with E-state index in [1.54, 1.807) is 0 Å². The van der Waals surface area contributed by atoms with Crippen LogP contribution < -0.4 is 5.32 Å². The van der Waals surface area contributed by atoms with Gasteiger partial charge in [-0.15, -0.1) is 0 Å². The molecule has 334 valence electrons. The minimum absolute atomic E-state index is 0.0886. The van der Waals surface area contributed by atoms with Gasteiger partial charge in [-0.05, 0) is 12.8 Å². The highest BCUT2D eigenvalue weighted by Gasteiger charge is 2.23. The molecule has 2 atom stereocenters. The molecule has 0 radical (unpaired) electrons. The van der Waals surface area contributed by atoms with Crippen molar-refractivity contribution in [2.24, 2.45) is 0 Å². The molecule has 56 heavy (non-hydrogen) atoms. The molecule has 0 spiro atoms. The van der Waals surface area contributed by atoms with E-state index in [2.05, 4.69) is 19.2 Å². The van der Waals surface area contributed by atoms with E-state index in [1.165, 1.54) is 186 Å². The third kappa shape index (κ3) is 44.1. The second kappa shape index (κ2) is 43.6. The van der Waals surface area contributed by atoms with E-state index in [9.17, 15) is 24.2 Å². The summed E-state index contributed by atoms with van der Waals surface area (Å²) in [6, 6.07) is 0. The third-order valence-corrected chi connectivity index (χ3v) is 11.8. The number of nitrogens with one attached hydrogen (secondary N) is 1. The summed E-state index contributed by atoms with van der Waals surface area (Å²) in [5.74, 6) is -0.503. The number of ether oxygens (including phenoxy) is 1. The first-order chi connectivity index (χ1) is 27.3. The average molecular weight is 818 g/mol. The zero-order valence-electron chi connectivity index (χ0n) is 36.9. The number of phosphoric acid groups is 1. The Balaban J connectivity index is 3.48. The van der Waals surface area contributed by atoms with Gasteiger partial charge in [0.2, 0.25) is 5.91 Å². The van der Waals surface area contributed by atoms with Crippen LogP contribution in [0.4, 0.5) is 0 Å². The average Bonchev–Trinajstić information content (AvgIpc) is 3.18. The molecule has 0 bridgehead atoms. The second-order valence-corrected chi connectivity index (χ2v) is 17.9. The number of hydrogen-bond acceptors (Lipinski definition) is 7. The Bertz CT molecular complexity index is 891. The summed E-state index contributed by atoms with van der Waals surface area (Å²) in [5.41, 5.74) is 0. The number of phosphoric ester groups is 1. The van der Waals surface area contributed by atoms with Crippen molar-refractivity contribution in [3.8, 4) is 0 Å². The van der Waals surface area contributed by atoms with Crippen LogP contribution in [0.1, 0.15) is 251 Å². The molecule has 0 aromatic rings. The van der Waals surface area contributed by atoms with E-state index in [1.807, 2.05) is 0 Å². The third-order valence-electron chi connectivity index (χ3n) is 10.8. The number of aliphatic hydroxyl groups is 1. The predicted molar refractivity (Wildman–Crippen MR) is 234 cm³/mol. The first-order valence-electron chi connectivity index (χ1n) is 24.0. The quantitative estimate of drug-likeness (QED) is 0.0314. The maximum absolute atomic E-state index is 12.1. The topological polar surface area (TPSA) is 131 Å². The van der Waals surface area contributed by atoms with Gasteiger partial charge in [0, 0.05) is 19.4 Å². The second-order valence-electron chi connectivity index (χ2n) is 16.5. The van der Waals surface area contributed by atoms with E-state index < -0.39 is 26.5 Å². The number of carbonyl (C=O) groups excluding carboxylic acids is 2. The fourth-order valence-corrected chi connectivity index (χ4v) is 7.91. The Kier molecular flexibility index (Phi) is 42.8. The zero-order valence-corrected chi connectivity index (χ0v) is 37.8. The van der Waals surface area contributed by atoms with Crippen LogP contribution in [-0.2, 0) is 27.9 Å². The van der Waals surface area contributed by atoms with Crippen molar-refractivity contribution < 1.29 is 37.9 Å². The van der Waals surface area contributed by atoms with Crippen LogP contribution in [0.25, 0.3) is 0 Å². The number of aliphatic hydroxyl groups excluding tert-OH is 1. The standard InChI is InChI=1S/C46H92NO8P/c1-3-5-7-9-11-13-15-16-17-18-19-20-21-22-23-24-25-26-27-29-30-32-34-36-38-45(49)47-40-41-54-56(51,52)55-43-44(48)42-53-46(50)39-37-35-33-31-28-14-12-10-8-6-4-2/h44,48H,3-43H2,1-2H3,(H,47,49)(H,51,52). The molecule has 0 fully saturated rings. The molecule has 0 aliphatic carbocycles. The van der Waals surface area contributed by atoms with Crippen LogP contribution in [0.3, 0.4) is 0 Å². The Labute approximate surface area is 346 Å². The van der Waals surface area contributed by atoms with Gasteiger partial charge >= 0.3 is 13.8 Å². The lowest BCUT2D eigenvalue weighted by atomic mass is 10.0. The van der Waals surface area contributed by atoms with E-state index in [4.69, 9.17) is 13.8 Å². The van der Waals surface area contributed by atoms with Crippen LogP contribution in [0.15, 0.2) is 0 Å². The van der Waals surface area contributed by atoms with Gasteiger partial charge in [-0.2, -0.15) is 0 Å². The van der Waals surface area contributed by atoms with E-state index in [0.717, 1.165) is 38.5 Å². The highest BCUT2D eigenvalue weighted by atomic mass is 31.2. The normalized spacial score (nSPS) is 13.1. The Hall–Kier alpha value is -0.990. The van der Waals surface area contributed by atoms with Gasteiger partial charge in [-0.1, -0.05) is 226 Å². The molecule has 3 N–H and O–H groups in total. The van der Waals surface area contributed by atoms with Crippen molar-refractivity contribution in [3.05, 3.63) is 0 Å². The number of esters is 1. The van der Waals surface area contributed by atoms with Crippen molar-refractivity contribution in [2.75, 3.05) is 26.4 Å². The first-order valence-corrected chi connectivity index (χ1v) is 25.5. The molecule has 0 saturated heterocycles. The van der Waals surface area contributed by atoms with Crippen molar-refractivity contribution in [1.82, 2.24) is 5.32 Å². The molecule has 9 nitrogen and oxygen atoms in total. The summed E-state index contributed by atoms with van der Waals surface area (Å²) in [4.78, 5) is 33.9. The first kappa shape index (κ1) is 55.0. The highest BCUT2D eigenvalue weighted by molar-refractivity contribution is 7.47. The van der Waals surface area contributed by atoms with Gasteiger partial charge in [0.05, 0.1) is 13.2 Å². The molecule has 0 aliphatic rings. The van der Waals surface area contributed by atoms with Gasteiger partial charge in [0.1, 0.15) is 12.7 Å². The summed E-state index contributed by atoms with van der Waals surface area (Å²) in [5, 5.41) is 12.7. The van der Waals surface area contributed by atoms with Crippen molar-refractivity contribution in [1.29, 1.82) is 0 Å². The Morgan fingerprint density at radius 2 is 0.804 bits per heavy atom. The van der Waals surface area contributed by atoms with Crippen LogP contribution in [-0.4, -0.2) is 54.3 Å². The molecule has 0 aromatic carbocycles. The number of amides is 1. The predicted octanol–water partition coefficient (Wildman–Crippen LogP) is 13.6. The van der Waals surface area contributed by atoms with Crippen LogP contribution >= 0.6 is 7.82 Å². The number of unbranched alkanes of at least 4 members (excludes halogenated alkanes) is 33. The summed E-state index contributed by atoms with van der Waals surface area (Å²) >= 11 is 0. The molecular formula is C46H92NO8P. The lowest BCUT2D eigenvalue weighted by Crippen LogP contribution is -2.27. The van der Waals surface area contributed by atoms with Crippen molar-refractivity contribution in [3.63, 3.8) is 0 Å².